The van der Waals surface area contributed by atoms with Gasteiger partial charge in [-0.3, -0.25) is 0 Å². The van der Waals surface area contributed by atoms with Crippen molar-refractivity contribution in [2.75, 3.05) is 10.7 Å². The predicted molar refractivity (Wildman–Crippen MR) is 68.4 cm³/mol. The molecule has 4 N–H and O–H groups in total. The lowest BCUT2D eigenvalue weighted by Gasteiger charge is -2.13. The first-order valence-electron chi connectivity index (χ1n) is 5.03. The van der Waals surface area contributed by atoms with E-state index in [-0.39, 0.29) is 6.04 Å². The molecule has 2 aromatic heterocycles. The van der Waals surface area contributed by atoms with E-state index in [2.05, 4.69) is 34.1 Å². The fraction of sp³-hybridized carbons (Fsp3) is 0.182. The van der Waals surface area contributed by atoms with E-state index in [0.29, 0.717) is 5.82 Å². The number of anilines is 2. The molecular formula is C11H14N4S. The van der Waals surface area contributed by atoms with Crippen molar-refractivity contribution in [2.45, 2.75) is 13.0 Å². The number of hydrogen-bond acceptors (Lipinski definition) is 5. The third-order valence-corrected chi connectivity index (χ3v) is 3.29. The van der Waals surface area contributed by atoms with Gasteiger partial charge < -0.3 is 10.7 Å². The van der Waals surface area contributed by atoms with Crippen molar-refractivity contribution in [3.8, 4) is 0 Å². The number of aromatic nitrogens is 1. The number of nitrogen functional groups attached to an aromatic ring is 1. The van der Waals surface area contributed by atoms with Gasteiger partial charge in [0.2, 0.25) is 0 Å². The summed E-state index contributed by atoms with van der Waals surface area (Å²) in [5, 5.41) is 5.39. The highest BCUT2D eigenvalue weighted by atomic mass is 32.1. The van der Waals surface area contributed by atoms with E-state index in [9.17, 15) is 0 Å². The van der Waals surface area contributed by atoms with Crippen LogP contribution in [0.3, 0.4) is 0 Å². The van der Waals surface area contributed by atoms with Gasteiger partial charge in [-0.05, 0) is 30.5 Å². The Morgan fingerprint density at radius 2 is 2.06 bits per heavy atom. The minimum Gasteiger partial charge on any atom is -0.363 e. The summed E-state index contributed by atoms with van der Waals surface area (Å²) < 4.78 is 0. The summed E-state index contributed by atoms with van der Waals surface area (Å²) >= 11 is 1.73. The topological polar surface area (TPSA) is 63.0 Å². The molecule has 0 bridgehead atoms. The summed E-state index contributed by atoms with van der Waals surface area (Å²) in [7, 11) is 0. The highest BCUT2D eigenvalue weighted by molar-refractivity contribution is 7.10. The Balaban J connectivity index is 2.08. The van der Waals surface area contributed by atoms with Gasteiger partial charge in [-0.1, -0.05) is 12.1 Å². The quantitative estimate of drug-likeness (QED) is 0.562. The second-order valence-electron chi connectivity index (χ2n) is 3.43. The van der Waals surface area contributed by atoms with E-state index in [1.165, 1.54) is 4.88 Å². The van der Waals surface area contributed by atoms with Crippen LogP contribution in [0.2, 0.25) is 0 Å². The normalized spacial score (nSPS) is 12.1. The SMILES string of the molecule is CC(Nc1cccc(NN)n1)c1cccs1. The molecule has 2 rings (SSSR count). The maximum atomic E-state index is 5.31. The third-order valence-electron chi connectivity index (χ3n) is 2.23. The summed E-state index contributed by atoms with van der Waals surface area (Å²) in [5.41, 5.74) is 2.53. The molecule has 0 aromatic carbocycles. The van der Waals surface area contributed by atoms with Crippen LogP contribution in [0.1, 0.15) is 17.8 Å². The number of rotatable bonds is 4. The van der Waals surface area contributed by atoms with E-state index in [4.69, 9.17) is 5.84 Å². The van der Waals surface area contributed by atoms with Crippen molar-refractivity contribution in [3.05, 3.63) is 40.6 Å². The second-order valence-corrected chi connectivity index (χ2v) is 4.41. The molecule has 5 heteroatoms. The second kappa shape index (κ2) is 4.96. The molecule has 0 radical (unpaired) electrons. The van der Waals surface area contributed by atoms with Crippen LogP contribution >= 0.6 is 11.3 Å². The number of hydrazine groups is 1. The maximum Gasteiger partial charge on any atom is 0.142 e. The smallest absolute Gasteiger partial charge is 0.142 e. The summed E-state index contributed by atoms with van der Waals surface area (Å²) in [5.74, 6) is 6.78. The van der Waals surface area contributed by atoms with Crippen molar-refractivity contribution < 1.29 is 0 Å². The number of nitrogens with two attached hydrogens (primary N) is 1. The van der Waals surface area contributed by atoms with Gasteiger partial charge in [-0.2, -0.15) is 0 Å². The van der Waals surface area contributed by atoms with Crippen LogP contribution in [-0.4, -0.2) is 4.98 Å². The molecule has 0 saturated carbocycles. The van der Waals surface area contributed by atoms with Crippen LogP contribution in [0.5, 0.6) is 0 Å². The van der Waals surface area contributed by atoms with Gasteiger partial charge in [-0.25, -0.2) is 10.8 Å². The molecule has 0 amide bonds. The minimum atomic E-state index is 0.250. The van der Waals surface area contributed by atoms with Crippen molar-refractivity contribution in [2.24, 2.45) is 5.84 Å². The molecule has 2 aromatic rings. The average molecular weight is 234 g/mol. The van der Waals surface area contributed by atoms with Crippen molar-refractivity contribution in [1.29, 1.82) is 0 Å². The van der Waals surface area contributed by atoms with Gasteiger partial charge >= 0.3 is 0 Å². The molecule has 4 nitrogen and oxygen atoms in total. The number of pyridine rings is 1. The fourth-order valence-corrected chi connectivity index (χ4v) is 2.16. The van der Waals surface area contributed by atoms with Crippen LogP contribution in [0.25, 0.3) is 0 Å². The van der Waals surface area contributed by atoms with Crippen LogP contribution in [0.15, 0.2) is 35.7 Å². The number of hydrogen-bond donors (Lipinski definition) is 3. The highest BCUT2D eigenvalue weighted by Crippen LogP contribution is 2.22. The van der Waals surface area contributed by atoms with E-state index in [0.717, 1.165) is 5.82 Å². The number of nitrogens with zero attached hydrogens (tertiary/aromatic N) is 1. The molecule has 84 valence electrons. The van der Waals surface area contributed by atoms with Crippen molar-refractivity contribution >= 4 is 23.0 Å². The van der Waals surface area contributed by atoms with Gasteiger partial charge in [0.15, 0.2) is 0 Å². The van der Waals surface area contributed by atoms with Crippen LogP contribution < -0.4 is 16.6 Å². The lowest BCUT2D eigenvalue weighted by molar-refractivity contribution is 0.896. The molecule has 0 saturated heterocycles. The molecule has 0 fully saturated rings. The highest BCUT2D eigenvalue weighted by Gasteiger charge is 2.06. The Kier molecular flexibility index (Phi) is 3.38. The molecule has 1 atom stereocenters. The summed E-state index contributed by atoms with van der Waals surface area (Å²) in [6, 6.07) is 10.1. The third kappa shape index (κ3) is 2.50. The summed E-state index contributed by atoms with van der Waals surface area (Å²) in [4.78, 5) is 5.58. The minimum absolute atomic E-state index is 0.250. The Morgan fingerprint density at radius 1 is 1.25 bits per heavy atom. The molecule has 0 aliphatic carbocycles. The Labute approximate surface area is 98.5 Å². The molecular weight excluding hydrogens is 220 g/mol. The molecule has 0 aliphatic heterocycles. The first-order valence-corrected chi connectivity index (χ1v) is 5.91. The van der Waals surface area contributed by atoms with E-state index >= 15 is 0 Å². The fourth-order valence-electron chi connectivity index (χ4n) is 1.43. The van der Waals surface area contributed by atoms with E-state index in [1.807, 2.05) is 24.3 Å². The molecule has 16 heavy (non-hydrogen) atoms. The van der Waals surface area contributed by atoms with Crippen LogP contribution in [-0.2, 0) is 0 Å². The van der Waals surface area contributed by atoms with Crippen LogP contribution in [0.4, 0.5) is 11.6 Å². The Bertz CT molecular complexity index is 441. The Morgan fingerprint density at radius 3 is 2.75 bits per heavy atom. The van der Waals surface area contributed by atoms with Gasteiger partial charge in [0, 0.05) is 4.88 Å². The van der Waals surface area contributed by atoms with Crippen molar-refractivity contribution in [1.82, 2.24) is 4.98 Å². The van der Waals surface area contributed by atoms with Crippen molar-refractivity contribution in [3.63, 3.8) is 0 Å². The van der Waals surface area contributed by atoms with E-state index < -0.39 is 0 Å². The Hall–Kier alpha value is -1.59. The number of thiophene rings is 1. The molecule has 1 unspecified atom stereocenters. The zero-order chi connectivity index (χ0) is 11.4. The monoisotopic (exact) mass is 234 g/mol. The zero-order valence-corrected chi connectivity index (χ0v) is 9.79. The first-order chi connectivity index (χ1) is 7.79. The average Bonchev–Trinajstić information content (AvgIpc) is 2.83. The van der Waals surface area contributed by atoms with E-state index in [1.54, 1.807) is 11.3 Å². The summed E-state index contributed by atoms with van der Waals surface area (Å²) in [6.45, 7) is 2.11. The molecule has 0 spiro atoms. The largest absolute Gasteiger partial charge is 0.363 e. The van der Waals surface area contributed by atoms with Gasteiger partial charge in [0.1, 0.15) is 11.6 Å². The summed E-state index contributed by atoms with van der Waals surface area (Å²) in [6.07, 6.45) is 0. The number of nitrogens with one attached hydrogen (secondary N) is 2. The lowest BCUT2D eigenvalue weighted by atomic mass is 10.3. The predicted octanol–water partition coefficient (Wildman–Crippen LogP) is 2.60. The van der Waals surface area contributed by atoms with Gasteiger partial charge in [0.05, 0.1) is 6.04 Å². The maximum absolute atomic E-state index is 5.31. The molecule has 2 heterocycles. The van der Waals surface area contributed by atoms with Gasteiger partial charge in [-0.15, -0.1) is 11.3 Å². The lowest BCUT2D eigenvalue weighted by Crippen LogP contribution is -2.11. The molecule has 0 aliphatic rings. The zero-order valence-electron chi connectivity index (χ0n) is 8.97. The van der Waals surface area contributed by atoms with Crippen LogP contribution in [0, 0.1) is 0 Å². The van der Waals surface area contributed by atoms with Gasteiger partial charge in [0.25, 0.3) is 0 Å². The first kappa shape index (κ1) is 10.9. The standard InChI is InChI=1S/C11H14N4S/c1-8(9-4-3-7-16-9)13-10-5-2-6-11(14-10)15-12/h2-8H,12H2,1H3,(H2,13,14,15).